The summed E-state index contributed by atoms with van der Waals surface area (Å²) in [5.41, 5.74) is 0. The highest BCUT2D eigenvalue weighted by atomic mass is 32.1. The zero-order valence-corrected chi connectivity index (χ0v) is 14.1. The average Bonchev–Trinajstić information content (AvgIpc) is 3.06. The van der Waals surface area contributed by atoms with Gasteiger partial charge in [-0.05, 0) is 36.6 Å². The van der Waals surface area contributed by atoms with Gasteiger partial charge in [-0.15, -0.1) is 11.3 Å². The monoisotopic (exact) mass is 324 g/mol. The maximum absolute atomic E-state index is 12.3. The van der Waals surface area contributed by atoms with Crippen LogP contribution >= 0.6 is 11.3 Å². The van der Waals surface area contributed by atoms with Gasteiger partial charge in [0.25, 0.3) is 5.91 Å². The Hall–Kier alpha value is -1.40. The van der Waals surface area contributed by atoms with Crippen LogP contribution < -0.4 is 0 Å². The van der Waals surface area contributed by atoms with Gasteiger partial charge in [0.1, 0.15) is 0 Å². The van der Waals surface area contributed by atoms with E-state index in [4.69, 9.17) is 4.74 Å². The highest BCUT2D eigenvalue weighted by Crippen LogP contribution is 2.20. The molecule has 1 aliphatic rings. The highest BCUT2D eigenvalue weighted by molar-refractivity contribution is 7.12. The third-order valence-corrected chi connectivity index (χ3v) is 5.01. The molecule has 22 heavy (non-hydrogen) atoms. The molecule has 0 bridgehead atoms. The van der Waals surface area contributed by atoms with Gasteiger partial charge in [-0.2, -0.15) is 0 Å². The summed E-state index contributed by atoms with van der Waals surface area (Å²) in [6.07, 6.45) is 3.12. The number of carbonyl (C=O) groups excluding carboxylic acids is 2. The summed E-state index contributed by atoms with van der Waals surface area (Å²) in [5, 5.41) is 1.87. The van der Waals surface area contributed by atoms with Gasteiger partial charge in [0, 0.05) is 33.9 Å². The number of likely N-dealkylation sites (N-methyl/N-ethyl adjacent to an activating group) is 1. The van der Waals surface area contributed by atoms with Gasteiger partial charge in [-0.1, -0.05) is 6.07 Å². The molecule has 1 aliphatic heterocycles. The minimum atomic E-state index is -0.0849. The molecule has 0 spiro atoms. The zero-order valence-electron chi connectivity index (χ0n) is 13.3. The van der Waals surface area contributed by atoms with Crippen molar-refractivity contribution < 1.29 is 14.3 Å². The number of piperidine rings is 1. The molecule has 1 aromatic heterocycles. The lowest BCUT2D eigenvalue weighted by atomic mass is 9.94. The van der Waals surface area contributed by atoms with Gasteiger partial charge in [0.15, 0.2) is 0 Å². The van der Waals surface area contributed by atoms with Crippen molar-refractivity contribution >= 4 is 23.2 Å². The van der Waals surface area contributed by atoms with Crippen LogP contribution in [0.4, 0.5) is 0 Å². The number of amides is 2. The quantitative estimate of drug-likeness (QED) is 0.805. The fourth-order valence-corrected chi connectivity index (χ4v) is 3.44. The lowest BCUT2D eigenvalue weighted by Crippen LogP contribution is -2.44. The topological polar surface area (TPSA) is 49.9 Å². The first-order chi connectivity index (χ1) is 10.6. The van der Waals surface area contributed by atoms with E-state index in [9.17, 15) is 9.59 Å². The van der Waals surface area contributed by atoms with Crippen molar-refractivity contribution in [1.82, 2.24) is 9.80 Å². The zero-order chi connectivity index (χ0) is 15.9. The average molecular weight is 324 g/mol. The van der Waals surface area contributed by atoms with Crippen LogP contribution in [-0.2, 0) is 9.53 Å². The number of carbonyl (C=O) groups is 2. The van der Waals surface area contributed by atoms with Crippen LogP contribution in [0.25, 0.3) is 0 Å². The predicted octanol–water partition coefficient (Wildman–Crippen LogP) is 2.10. The van der Waals surface area contributed by atoms with Crippen molar-refractivity contribution in [2.45, 2.75) is 19.3 Å². The second kappa shape index (κ2) is 8.29. The van der Waals surface area contributed by atoms with Crippen molar-refractivity contribution in [3.63, 3.8) is 0 Å². The maximum atomic E-state index is 12.3. The number of thiophene rings is 1. The Balaban J connectivity index is 1.77. The third-order valence-electron chi connectivity index (χ3n) is 4.15. The summed E-state index contributed by atoms with van der Waals surface area (Å²) >= 11 is 1.40. The van der Waals surface area contributed by atoms with E-state index in [1.54, 1.807) is 20.2 Å². The third kappa shape index (κ3) is 4.55. The molecule has 0 aliphatic carbocycles. The van der Waals surface area contributed by atoms with E-state index in [1.807, 2.05) is 16.3 Å². The van der Waals surface area contributed by atoms with Gasteiger partial charge in [-0.25, -0.2) is 0 Å². The van der Waals surface area contributed by atoms with Gasteiger partial charge in [0.05, 0.1) is 11.4 Å². The Morgan fingerprint density at radius 1 is 1.41 bits per heavy atom. The molecule has 6 heteroatoms. The minimum absolute atomic E-state index is 0.0394. The molecule has 0 N–H and O–H groups in total. The molecule has 0 radical (unpaired) electrons. The minimum Gasteiger partial charge on any atom is -0.385 e. The molecule has 1 saturated heterocycles. The van der Waals surface area contributed by atoms with Crippen molar-refractivity contribution in [3.05, 3.63) is 22.4 Å². The van der Waals surface area contributed by atoms with E-state index in [2.05, 4.69) is 0 Å². The van der Waals surface area contributed by atoms with E-state index in [0.717, 1.165) is 39.0 Å². The first kappa shape index (κ1) is 17.0. The molecule has 1 fully saturated rings. The van der Waals surface area contributed by atoms with E-state index >= 15 is 0 Å². The number of methoxy groups -OCH3 is 1. The van der Waals surface area contributed by atoms with Crippen LogP contribution in [-0.4, -0.2) is 62.0 Å². The summed E-state index contributed by atoms with van der Waals surface area (Å²) in [5.74, 6) is 0.602. The van der Waals surface area contributed by atoms with E-state index in [1.165, 1.54) is 16.2 Å². The molecule has 0 unspecified atom stereocenters. The van der Waals surface area contributed by atoms with Crippen LogP contribution in [0.2, 0.25) is 0 Å². The molecule has 1 aromatic rings. The Morgan fingerprint density at radius 3 is 2.73 bits per heavy atom. The Kier molecular flexibility index (Phi) is 6.39. The van der Waals surface area contributed by atoms with Crippen LogP contribution in [0.3, 0.4) is 0 Å². The van der Waals surface area contributed by atoms with E-state index in [-0.39, 0.29) is 18.4 Å². The van der Waals surface area contributed by atoms with Crippen LogP contribution in [0.5, 0.6) is 0 Å². The van der Waals surface area contributed by atoms with Gasteiger partial charge in [0.2, 0.25) is 5.91 Å². The summed E-state index contributed by atoms with van der Waals surface area (Å²) in [4.78, 5) is 28.5. The molecule has 2 amide bonds. The van der Waals surface area contributed by atoms with Gasteiger partial charge < -0.3 is 14.5 Å². The second-order valence-electron chi connectivity index (χ2n) is 5.74. The molecule has 122 valence electrons. The van der Waals surface area contributed by atoms with Crippen molar-refractivity contribution in [2.24, 2.45) is 5.92 Å². The van der Waals surface area contributed by atoms with Crippen molar-refractivity contribution in [2.75, 3.05) is 40.4 Å². The number of hydrogen-bond acceptors (Lipinski definition) is 4. The molecule has 0 saturated carbocycles. The molecule has 0 atom stereocenters. The number of ether oxygens (including phenoxy) is 1. The number of rotatable bonds is 6. The largest absolute Gasteiger partial charge is 0.385 e. The second-order valence-corrected chi connectivity index (χ2v) is 6.69. The maximum Gasteiger partial charge on any atom is 0.264 e. The number of likely N-dealkylation sites (tertiary alicyclic amines) is 1. The number of nitrogens with zero attached hydrogens (tertiary/aromatic N) is 2. The smallest absolute Gasteiger partial charge is 0.264 e. The normalized spacial score (nSPS) is 15.8. The van der Waals surface area contributed by atoms with Crippen molar-refractivity contribution in [1.29, 1.82) is 0 Å². The van der Waals surface area contributed by atoms with Crippen LogP contribution in [0, 0.1) is 5.92 Å². The van der Waals surface area contributed by atoms with Gasteiger partial charge in [-0.3, -0.25) is 9.59 Å². The fraction of sp³-hybridized carbons (Fsp3) is 0.625. The summed E-state index contributed by atoms with van der Waals surface area (Å²) in [6, 6.07) is 3.63. The number of hydrogen-bond donors (Lipinski definition) is 0. The first-order valence-corrected chi connectivity index (χ1v) is 8.55. The highest BCUT2D eigenvalue weighted by Gasteiger charge is 2.24. The van der Waals surface area contributed by atoms with Crippen molar-refractivity contribution in [3.8, 4) is 0 Å². The standard InChI is InChI=1S/C16H24N2O3S/c1-17(16(20)14-4-3-11-22-14)12-15(19)18-8-5-13(6-9-18)7-10-21-2/h3-4,11,13H,5-10,12H2,1-2H3. The van der Waals surface area contributed by atoms with E-state index in [0.29, 0.717) is 10.8 Å². The lowest BCUT2D eigenvalue weighted by Gasteiger charge is -2.33. The molecule has 2 heterocycles. The summed E-state index contributed by atoms with van der Waals surface area (Å²) < 4.78 is 5.11. The van der Waals surface area contributed by atoms with Crippen LogP contribution in [0.15, 0.2) is 17.5 Å². The van der Waals surface area contributed by atoms with E-state index < -0.39 is 0 Å². The van der Waals surface area contributed by atoms with Gasteiger partial charge >= 0.3 is 0 Å². The molecule has 5 nitrogen and oxygen atoms in total. The predicted molar refractivity (Wildman–Crippen MR) is 87.1 cm³/mol. The summed E-state index contributed by atoms with van der Waals surface area (Å²) in [6.45, 7) is 2.51. The first-order valence-electron chi connectivity index (χ1n) is 7.67. The lowest BCUT2D eigenvalue weighted by molar-refractivity contribution is -0.133. The summed E-state index contributed by atoms with van der Waals surface area (Å²) in [7, 11) is 3.41. The fourth-order valence-electron chi connectivity index (χ4n) is 2.72. The molecule has 2 rings (SSSR count). The molecular formula is C16H24N2O3S. The molecular weight excluding hydrogens is 300 g/mol. The SMILES string of the molecule is COCCC1CCN(C(=O)CN(C)C(=O)c2cccs2)CC1. The Labute approximate surface area is 135 Å². The van der Waals surface area contributed by atoms with Crippen LogP contribution in [0.1, 0.15) is 28.9 Å². The Morgan fingerprint density at radius 2 is 2.14 bits per heavy atom. The Bertz CT molecular complexity index is 482. The molecule has 0 aromatic carbocycles.